The number of aryl methyl sites for hydroxylation is 3. The molecule has 1 aromatic heterocycles. The van der Waals surface area contributed by atoms with Crippen molar-refractivity contribution in [3.63, 3.8) is 0 Å². The summed E-state index contributed by atoms with van der Waals surface area (Å²) in [6, 6.07) is 9.41. The molecular weight excluding hydrogens is 348 g/mol. The number of unbranched alkanes of at least 4 members (excludes halogenated alkanes) is 1. The zero-order valence-electron chi connectivity index (χ0n) is 18.4. The van der Waals surface area contributed by atoms with Crippen LogP contribution in [0.3, 0.4) is 0 Å². The molecule has 0 N–H and O–H groups in total. The Balaban J connectivity index is 0.000000221. The summed E-state index contributed by atoms with van der Waals surface area (Å²) in [7, 11) is 0. The first-order valence-corrected chi connectivity index (χ1v) is 10.6. The third-order valence-corrected chi connectivity index (χ3v) is 5.97. The van der Waals surface area contributed by atoms with Gasteiger partial charge in [-0.05, 0) is 70.4 Å². The second kappa shape index (κ2) is 10.4. The van der Waals surface area contributed by atoms with Crippen molar-refractivity contribution in [2.75, 3.05) is 0 Å². The number of hydrogen-bond donors (Lipinski definition) is 0. The predicted octanol–water partition coefficient (Wildman–Crippen LogP) is 5.74. The topological polar surface area (TPSA) is 46.3 Å². The van der Waals surface area contributed by atoms with E-state index in [0.717, 1.165) is 37.1 Å². The third kappa shape index (κ3) is 5.46. The molecule has 28 heavy (non-hydrogen) atoms. The molecule has 0 radical (unpaired) electrons. The molecule has 3 unspecified atom stereocenters. The van der Waals surface area contributed by atoms with E-state index < -0.39 is 0 Å². The van der Waals surface area contributed by atoms with Gasteiger partial charge in [0, 0.05) is 17.6 Å². The molecule has 1 aliphatic heterocycles. The summed E-state index contributed by atoms with van der Waals surface area (Å²) in [6.07, 6.45) is 6.79. The van der Waals surface area contributed by atoms with Gasteiger partial charge in [0.25, 0.3) is 0 Å². The van der Waals surface area contributed by atoms with Crippen molar-refractivity contribution in [1.82, 2.24) is 10.1 Å². The molecule has 1 amide bonds. The predicted molar refractivity (Wildman–Crippen MR) is 115 cm³/mol. The van der Waals surface area contributed by atoms with E-state index in [9.17, 15) is 4.79 Å². The number of hydrogen-bond acceptors (Lipinski definition) is 3. The second-order valence-corrected chi connectivity index (χ2v) is 8.19. The Morgan fingerprint density at radius 1 is 1.29 bits per heavy atom. The van der Waals surface area contributed by atoms with E-state index >= 15 is 0 Å². The van der Waals surface area contributed by atoms with Crippen molar-refractivity contribution in [3.05, 3.63) is 52.4 Å². The van der Waals surface area contributed by atoms with E-state index in [2.05, 4.69) is 57.1 Å². The van der Waals surface area contributed by atoms with Crippen LogP contribution in [0.25, 0.3) is 0 Å². The SMILES string of the molecule is CCCCc1c(C)noc1C.Cc1ccccc1C(C)CC1CC(C)N1C=O. The van der Waals surface area contributed by atoms with Crippen LogP contribution in [0.15, 0.2) is 28.8 Å². The van der Waals surface area contributed by atoms with Gasteiger partial charge in [-0.2, -0.15) is 0 Å². The number of aromatic nitrogens is 1. The highest BCUT2D eigenvalue weighted by atomic mass is 16.5. The Labute approximate surface area is 170 Å². The van der Waals surface area contributed by atoms with Crippen LogP contribution in [0.4, 0.5) is 0 Å². The fourth-order valence-electron chi connectivity index (χ4n) is 4.15. The molecule has 0 bridgehead atoms. The van der Waals surface area contributed by atoms with E-state index in [1.165, 1.54) is 29.5 Å². The summed E-state index contributed by atoms with van der Waals surface area (Å²) in [5.41, 5.74) is 5.12. The largest absolute Gasteiger partial charge is 0.361 e. The summed E-state index contributed by atoms with van der Waals surface area (Å²) < 4.78 is 5.04. The number of benzene rings is 1. The number of nitrogens with zero attached hydrogens (tertiary/aromatic N) is 2. The smallest absolute Gasteiger partial charge is 0.210 e. The lowest BCUT2D eigenvalue weighted by molar-refractivity contribution is -0.129. The Morgan fingerprint density at radius 2 is 2.00 bits per heavy atom. The van der Waals surface area contributed by atoms with Gasteiger partial charge in [-0.3, -0.25) is 4.79 Å². The standard InChI is InChI=1S/C15H21NO.C9H15NO/c1-11-6-4-5-7-15(11)12(2)8-14-9-13(3)16(14)10-17;1-4-5-6-9-7(2)10-11-8(9)3/h4-7,10,12-14H,8-9H2,1-3H3;4-6H2,1-3H3. The van der Waals surface area contributed by atoms with Gasteiger partial charge in [0.15, 0.2) is 0 Å². The third-order valence-electron chi connectivity index (χ3n) is 5.97. The van der Waals surface area contributed by atoms with E-state index in [4.69, 9.17) is 4.52 Å². The number of carbonyl (C=O) groups is 1. The maximum absolute atomic E-state index is 10.9. The molecule has 1 saturated heterocycles. The highest BCUT2D eigenvalue weighted by molar-refractivity contribution is 5.50. The summed E-state index contributed by atoms with van der Waals surface area (Å²) in [5, 5.41) is 3.89. The molecule has 2 heterocycles. The number of carbonyl (C=O) groups excluding carboxylic acids is 1. The van der Waals surface area contributed by atoms with Gasteiger partial charge in [-0.15, -0.1) is 0 Å². The van der Waals surface area contributed by atoms with Crippen LogP contribution < -0.4 is 0 Å². The minimum atomic E-state index is 0.432. The molecule has 3 atom stereocenters. The van der Waals surface area contributed by atoms with Gasteiger partial charge in [0.05, 0.1) is 5.69 Å². The lowest BCUT2D eigenvalue weighted by Gasteiger charge is -2.46. The maximum atomic E-state index is 10.9. The molecule has 0 aliphatic carbocycles. The van der Waals surface area contributed by atoms with Crippen molar-refractivity contribution in [2.24, 2.45) is 0 Å². The molecule has 0 saturated carbocycles. The maximum Gasteiger partial charge on any atom is 0.210 e. The first kappa shape index (κ1) is 22.2. The summed E-state index contributed by atoms with van der Waals surface area (Å²) in [6.45, 7) is 12.7. The average Bonchev–Trinajstić information content (AvgIpc) is 2.98. The van der Waals surface area contributed by atoms with Crippen LogP contribution >= 0.6 is 0 Å². The van der Waals surface area contributed by atoms with Crippen LogP contribution in [0.1, 0.15) is 80.5 Å². The highest BCUT2D eigenvalue weighted by Crippen LogP contribution is 2.33. The molecule has 2 aromatic rings. The fourth-order valence-corrected chi connectivity index (χ4v) is 4.15. The minimum Gasteiger partial charge on any atom is -0.361 e. The first-order chi connectivity index (χ1) is 13.4. The zero-order chi connectivity index (χ0) is 20.7. The first-order valence-electron chi connectivity index (χ1n) is 10.6. The molecule has 3 rings (SSSR count). The summed E-state index contributed by atoms with van der Waals surface area (Å²) in [4.78, 5) is 12.9. The number of likely N-dealkylation sites (tertiary alicyclic amines) is 1. The van der Waals surface area contributed by atoms with Gasteiger partial charge >= 0.3 is 0 Å². The second-order valence-electron chi connectivity index (χ2n) is 8.19. The van der Waals surface area contributed by atoms with Gasteiger partial charge < -0.3 is 9.42 Å². The van der Waals surface area contributed by atoms with E-state index in [-0.39, 0.29) is 0 Å². The Hall–Kier alpha value is -2.10. The Bertz CT molecular complexity index is 733. The van der Waals surface area contributed by atoms with Crippen molar-refractivity contribution in [3.8, 4) is 0 Å². The molecule has 1 fully saturated rings. The van der Waals surface area contributed by atoms with Gasteiger partial charge in [-0.1, -0.05) is 49.7 Å². The van der Waals surface area contributed by atoms with Crippen LogP contribution in [0, 0.1) is 20.8 Å². The average molecular weight is 385 g/mol. The van der Waals surface area contributed by atoms with Crippen LogP contribution in [-0.2, 0) is 11.2 Å². The van der Waals surface area contributed by atoms with Gasteiger partial charge in [0.1, 0.15) is 5.76 Å². The normalized spacial score (nSPS) is 19.4. The summed E-state index contributed by atoms with van der Waals surface area (Å²) in [5.74, 6) is 1.51. The molecule has 154 valence electrons. The molecule has 1 aromatic carbocycles. The zero-order valence-corrected chi connectivity index (χ0v) is 18.4. The molecule has 1 aliphatic rings. The quantitative estimate of drug-likeness (QED) is 0.572. The van der Waals surface area contributed by atoms with Crippen molar-refractivity contribution in [2.45, 2.75) is 91.6 Å². The van der Waals surface area contributed by atoms with E-state index in [0.29, 0.717) is 18.0 Å². The lowest BCUT2D eigenvalue weighted by Crippen LogP contribution is -2.53. The van der Waals surface area contributed by atoms with Crippen molar-refractivity contribution < 1.29 is 9.32 Å². The van der Waals surface area contributed by atoms with E-state index in [1.54, 1.807) is 0 Å². The lowest BCUT2D eigenvalue weighted by atomic mass is 9.84. The Morgan fingerprint density at radius 3 is 2.54 bits per heavy atom. The number of rotatable bonds is 7. The Kier molecular flexibility index (Phi) is 8.28. The monoisotopic (exact) mass is 384 g/mol. The molecule has 0 spiro atoms. The highest BCUT2D eigenvalue weighted by Gasteiger charge is 2.34. The van der Waals surface area contributed by atoms with Crippen LogP contribution in [0.5, 0.6) is 0 Å². The van der Waals surface area contributed by atoms with Crippen LogP contribution in [-0.4, -0.2) is 28.6 Å². The van der Waals surface area contributed by atoms with Crippen molar-refractivity contribution >= 4 is 6.41 Å². The van der Waals surface area contributed by atoms with Gasteiger partial charge in [0.2, 0.25) is 6.41 Å². The molecular formula is C24H36N2O2. The molecule has 4 heteroatoms. The fraction of sp³-hybridized carbons (Fsp3) is 0.583. The minimum absolute atomic E-state index is 0.432. The number of amides is 1. The van der Waals surface area contributed by atoms with Crippen molar-refractivity contribution in [1.29, 1.82) is 0 Å². The summed E-state index contributed by atoms with van der Waals surface area (Å²) >= 11 is 0. The van der Waals surface area contributed by atoms with Crippen LogP contribution in [0.2, 0.25) is 0 Å². The molecule has 4 nitrogen and oxygen atoms in total. The van der Waals surface area contributed by atoms with Gasteiger partial charge in [-0.25, -0.2) is 0 Å². The van der Waals surface area contributed by atoms with E-state index in [1.807, 2.05) is 18.7 Å².